The van der Waals surface area contributed by atoms with Crippen molar-refractivity contribution in [3.63, 3.8) is 0 Å². The van der Waals surface area contributed by atoms with Crippen LogP contribution in [0.2, 0.25) is 0 Å². The van der Waals surface area contributed by atoms with E-state index in [1.165, 1.54) is 30.8 Å². The van der Waals surface area contributed by atoms with Crippen molar-refractivity contribution in [3.8, 4) is 11.6 Å². The standard InChI is InChI=1S/C14H10N6O5/c21-13(10-4-2-6-24-10)19-18-12-11(20(22)23)14(17-8-16-12)25-9-3-1-5-15-7-9/h1-8H,(H,19,21)(H,16,17,18). The van der Waals surface area contributed by atoms with E-state index >= 15 is 0 Å². The van der Waals surface area contributed by atoms with Gasteiger partial charge in [0.15, 0.2) is 5.76 Å². The maximum atomic E-state index is 11.8. The molecule has 0 unspecified atom stereocenters. The molecule has 25 heavy (non-hydrogen) atoms. The number of furan rings is 1. The van der Waals surface area contributed by atoms with Crippen molar-refractivity contribution in [1.29, 1.82) is 0 Å². The van der Waals surface area contributed by atoms with Crippen LogP contribution in [0.1, 0.15) is 10.6 Å². The van der Waals surface area contributed by atoms with Crippen molar-refractivity contribution in [3.05, 3.63) is 65.1 Å². The van der Waals surface area contributed by atoms with Crippen LogP contribution < -0.4 is 15.6 Å². The SMILES string of the molecule is O=C(NNc1ncnc(Oc2cccnc2)c1[N+](=O)[O-])c1ccco1. The number of hydrazine groups is 1. The second-order valence-electron chi connectivity index (χ2n) is 4.48. The van der Waals surface area contributed by atoms with E-state index in [1.807, 2.05) is 0 Å². The molecular formula is C14H10N6O5. The Morgan fingerprint density at radius 1 is 1.28 bits per heavy atom. The van der Waals surface area contributed by atoms with E-state index in [2.05, 4.69) is 25.8 Å². The summed E-state index contributed by atoms with van der Waals surface area (Å²) in [5.74, 6) is -0.903. The number of nitrogens with one attached hydrogen (secondary N) is 2. The molecule has 3 rings (SSSR count). The lowest BCUT2D eigenvalue weighted by Gasteiger charge is -2.09. The van der Waals surface area contributed by atoms with E-state index < -0.39 is 16.5 Å². The number of carbonyl (C=O) groups excluding carboxylic acids is 1. The molecule has 0 spiro atoms. The Morgan fingerprint density at radius 3 is 2.84 bits per heavy atom. The van der Waals surface area contributed by atoms with Crippen LogP contribution in [0.25, 0.3) is 0 Å². The lowest BCUT2D eigenvalue weighted by atomic mass is 10.4. The molecule has 0 bridgehead atoms. The number of ether oxygens (including phenoxy) is 1. The molecule has 0 aliphatic heterocycles. The number of hydrogen-bond acceptors (Lipinski definition) is 9. The normalized spacial score (nSPS) is 10.1. The highest BCUT2D eigenvalue weighted by Gasteiger charge is 2.25. The average Bonchev–Trinajstić information content (AvgIpc) is 3.15. The topological polar surface area (TPSA) is 145 Å². The van der Waals surface area contributed by atoms with Gasteiger partial charge in [-0.1, -0.05) is 0 Å². The minimum absolute atomic E-state index is 0.0241. The summed E-state index contributed by atoms with van der Waals surface area (Å²) < 4.78 is 10.3. The third-order valence-electron chi connectivity index (χ3n) is 2.86. The van der Waals surface area contributed by atoms with Crippen LogP contribution in [0.4, 0.5) is 11.5 Å². The maximum Gasteiger partial charge on any atom is 0.374 e. The zero-order valence-electron chi connectivity index (χ0n) is 12.4. The number of anilines is 1. The van der Waals surface area contributed by atoms with Crippen LogP contribution >= 0.6 is 0 Å². The molecule has 126 valence electrons. The largest absolute Gasteiger partial charge is 0.459 e. The first-order valence-electron chi connectivity index (χ1n) is 6.82. The van der Waals surface area contributed by atoms with E-state index in [-0.39, 0.29) is 23.2 Å². The highest BCUT2D eigenvalue weighted by atomic mass is 16.6. The molecule has 0 radical (unpaired) electrons. The molecule has 2 N–H and O–H groups in total. The summed E-state index contributed by atoms with van der Waals surface area (Å²) in [5, 5.41) is 11.4. The van der Waals surface area contributed by atoms with Gasteiger partial charge in [-0.15, -0.1) is 0 Å². The minimum Gasteiger partial charge on any atom is -0.459 e. The maximum absolute atomic E-state index is 11.8. The van der Waals surface area contributed by atoms with Crippen molar-refractivity contribution >= 4 is 17.4 Å². The van der Waals surface area contributed by atoms with Crippen LogP contribution in [-0.4, -0.2) is 25.8 Å². The van der Waals surface area contributed by atoms with Gasteiger partial charge in [-0.3, -0.25) is 30.7 Å². The molecular weight excluding hydrogens is 332 g/mol. The van der Waals surface area contributed by atoms with Gasteiger partial charge in [-0.2, -0.15) is 4.98 Å². The molecule has 11 heteroatoms. The molecule has 3 aromatic heterocycles. The number of nitrogens with zero attached hydrogens (tertiary/aromatic N) is 4. The summed E-state index contributed by atoms with van der Waals surface area (Å²) in [4.78, 5) is 33.8. The van der Waals surface area contributed by atoms with Crippen molar-refractivity contribution in [1.82, 2.24) is 20.4 Å². The zero-order chi connectivity index (χ0) is 17.6. The van der Waals surface area contributed by atoms with Crippen LogP contribution in [-0.2, 0) is 0 Å². The zero-order valence-corrected chi connectivity index (χ0v) is 12.4. The fourth-order valence-electron chi connectivity index (χ4n) is 1.80. The Balaban J connectivity index is 1.82. The first-order valence-corrected chi connectivity index (χ1v) is 6.82. The van der Waals surface area contributed by atoms with Gasteiger partial charge in [0.1, 0.15) is 12.1 Å². The molecule has 0 saturated heterocycles. The number of rotatable bonds is 6. The fourth-order valence-corrected chi connectivity index (χ4v) is 1.80. The molecule has 11 nitrogen and oxygen atoms in total. The lowest BCUT2D eigenvalue weighted by Crippen LogP contribution is -2.30. The third kappa shape index (κ3) is 3.67. The van der Waals surface area contributed by atoms with Crippen LogP contribution in [0.15, 0.2) is 53.7 Å². The van der Waals surface area contributed by atoms with Crippen molar-refractivity contribution < 1.29 is 18.9 Å². The molecule has 0 aromatic carbocycles. The van der Waals surface area contributed by atoms with Crippen LogP contribution in [0.3, 0.4) is 0 Å². The fraction of sp³-hybridized carbons (Fsp3) is 0. The molecule has 0 atom stereocenters. The van der Waals surface area contributed by atoms with E-state index in [9.17, 15) is 14.9 Å². The minimum atomic E-state index is -0.729. The number of carbonyl (C=O) groups is 1. The van der Waals surface area contributed by atoms with Gasteiger partial charge in [-0.25, -0.2) is 4.98 Å². The lowest BCUT2D eigenvalue weighted by molar-refractivity contribution is -0.385. The number of nitro groups is 1. The van der Waals surface area contributed by atoms with E-state index in [0.29, 0.717) is 0 Å². The van der Waals surface area contributed by atoms with E-state index in [1.54, 1.807) is 12.1 Å². The summed E-state index contributed by atoms with van der Waals surface area (Å²) in [6.45, 7) is 0. The summed E-state index contributed by atoms with van der Waals surface area (Å²) in [5.41, 5.74) is 4.05. The molecule has 0 aliphatic rings. The first kappa shape index (κ1) is 15.9. The van der Waals surface area contributed by atoms with Crippen molar-refractivity contribution in [2.24, 2.45) is 0 Å². The highest BCUT2D eigenvalue weighted by molar-refractivity contribution is 5.92. The molecule has 0 aliphatic carbocycles. The molecule has 3 aromatic rings. The van der Waals surface area contributed by atoms with Gasteiger partial charge in [0.2, 0.25) is 5.82 Å². The monoisotopic (exact) mass is 342 g/mol. The first-order chi connectivity index (χ1) is 12.1. The number of hydrogen-bond donors (Lipinski definition) is 2. The van der Waals surface area contributed by atoms with Crippen LogP contribution in [0.5, 0.6) is 11.6 Å². The number of amides is 1. The van der Waals surface area contributed by atoms with Gasteiger partial charge in [0, 0.05) is 6.20 Å². The Morgan fingerprint density at radius 2 is 2.16 bits per heavy atom. The smallest absolute Gasteiger partial charge is 0.374 e. The Bertz CT molecular complexity index is 884. The third-order valence-corrected chi connectivity index (χ3v) is 2.86. The number of aromatic nitrogens is 3. The van der Waals surface area contributed by atoms with Gasteiger partial charge in [0.25, 0.3) is 0 Å². The highest BCUT2D eigenvalue weighted by Crippen LogP contribution is 2.33. The summed E-state index contributed by atoms with van der Waals surface area (Å²) >= 11 is 0. The predicted octanol–water partition coefficient (Wildman–Crippen LogP) is 1.92. The second kappa shape index (κ2) is 7.04. The van der Waals surface area contributed by atoms with Gasteiger partial charge < -0.3 is 9.15 Å². The molecule has 0 saturated carbocycles. The summed E-state index contributed by atoms with van der Waals surface area (Å²) in [7, 11) is 0. The van der Waals surface area contributed by atoms with Crippen molar-refractivity contribution in [2.75, 3.05) is 5.43 Å². The quantitative estimate of drug-likeness (QED) is 0.506. The Labute approximate surface area is 139 Å². The molecule has 0 fully saturated rings. The molecule has 3 heterocycles. The van der Waals surface area contributed by atoms with E-state index in [4.69, 9.17) is 9.15 Å². The predicted molar refractivity (Wildman–Crippen MR) is 82.8 cm³/mol. The average molecular weight is 342 g/mol. The van der Waals surface area contributed by atoms with Gasteiger partial charge >= 0.3 is 17.5 Å². The van der Waals surface area contributed by atoms with Gasteiger partial charge in [-0.05, 0) is 24.3 Å². The van der Waals surface area contributed by atoms with Crippen molar-refractivity contribution in [2.45, 2.75) is 0 Å². The Kier molecular flexibility index (Phi) is 4.46. The Hall–Kier alpha value is -4.02. The van der Waals surface area contributed by atoms with Crippen LogP contribution in [0, 0.1) is 10.1 Å². The molecule has 1 amide bonds. The second-order valence-corrected chi connectivity index (χ2v) is 4.48. The summed E-state index contributed by atoms with van der Waals surface area (Å²) in [6, 6.07) is 6.12. The number of pyridine rings is 1. The summed E-state index contributed by atoms with van der Waals surface area (Å²) in [6.07, 6.45) is 5.28. The van der Waals surface area contributed by atoms with Gasteiger partial charge in [0.05, 0.1) is 17.4 Å². The van der Waals surface area contributed by atoms with E-state index in [0.717, 1.165) is 6.33 Å².